The van der Waals surface area contributed by atoms with Gasteiger partial charge in [-0.2, -0.15) is 4.98 Å². The molecule has 2 aliphatic heterocycles. The van der Waals surface area contributed by atoms with Crippen molar-refractivity contribution in [2.24, 2.45) is 0 Å². The molecule has 8 heteroatoms. The molecule has 3 N–H and O–H groups in total. The van der Waals surface area contributed by atoms with E-state index in [1.165, 1.54) is 12.8 Å². The van der Waals surface area contributed by atoms with Crippen molar-refractivity contribution in [3.05, 3.63) is 35.2 Å². The molecule has 25 heavy (non-hydrogen) atoms. The van der Waals surface area contributed by atoms with Crippen LogP contribution in [0.4, 0.5) is 17.5 Å². The highest BCUT2D eigenvalue weighted by Gasteiger charge is 2.32. The Morgan fingerprint density at radius 1 is 1.28 bits per heavy atom. The van der Waals surface area contributed by atoms with Crippen LogP contribution in [-0.4, -0.2) is 51.8 Å². The maximum Gasteiger partial charge on any atom is 0.229 e. The van der Waals surface area contributed by atoms with E-state index in [2.05, 4.69) is 30.5 Å². The van der Waals surface area contributed by atoms with Gasteiger partial charge in [0.05, 0.1) is 22.6 Å². The van der Waals surface area contributed by atoms with E-state index in [1.807, 2.05) is 6.07 Å². The van der Waals surface area contributed by atoms with Crippen LogP contribution in [0.2, 0.25) is 5.02 Å². The molecule has 4 rings (SSSR count). The first-order valence-electron chi connectivity index (χ1n) is 8.57. The lowest BCUT2D eigenvalue weighted by Crippen LogP contribution is -2.51. The van der Waals surface area contributed by atoms with E-state index < -0.39 is 0 Å². The Morgan fingerprint density at radius 2 is 2.08 bits per heavy atom. The predicted molar refractivity (Wildman–Crippen MR) is 97.5 cm³/mol. The molecule has 132 valence electrons. The van der Waals surface area contributed by atoms with Crippen LogP contribution in [0.3, 0.4) is 0 Å². The van der Waals surface area contributed by atoms with E-state index in [-0.39, 0.29) is 6.61 Å². The fraction of sp³-hybridized carbons (Fsp3) is 0.471. The van der Waals surface area contributed by atoms with Crippen LogP contribution in [0.25, 0.3) is 0 Å². The summed E-state index contributed by atoms with van der Waals surface area (Å²) >= 11 is 6.20. The molecule has 0 spiro atoms. The van der Waals surface area contributed by atoms with Crippen molar-refractivity contribution in [1.29, 1.82) is 0 Å². The SMILES string of the molecule is OCCc1ncc(Nc2nccc(N3C[C@H]4CC[C@@H](C3)N4)n2)cc1Cl. The zero-order chi connectivity index (χ0) is 17.2. The van der Waals surface area contributed by atoms with Gasteiger partial charge in [-0.05, 0) is 25.0 Å². The molecule has 2 aromatic heterocycles. The molecule has 0 aromatic carbocycles. The highest BCUT2D eigenvalue weighted by molar-refractivity contribution is 6.31. The van der Waals surface area contributed by atoms with E-state index in [0.717, 1.165) is 24.6 Å². The van der Waals surface area contributed by atoms with Crippen molar-refractivity contribution in [3.8, 4) is 0 Å². The average Bonchev–Trinajstić information content (AvgIpc) is 2.96. The molecule has 0 radical (unpaired) electrons. The summed E-state index contributed by atoms with van der Waals surface area (Å²) in [5.41, 5.74) is 1.41. The number of nitrogens with one attached hydrogen (secondary N) is 2. The normalized spacial score (nSPS) is 22.2. The van der Waals surface area contributed by atoms with Gasteiger partial charge in [0.2, 0.25) is 5.95 Å². The molecule has 0 unspecified atom stereocenters. The molecule has 2 bridgehead atoms. The van der Waals surface area contributed by atoms with Crippen molar-refractivity contribution in [2.75, 3.05) is 29.9 Å². The first-order valence-corrected chi connectivity index (χ1v) is 8.95. The van der Waals surface area contributed by atoms with Crippen LogP contribution in [0, 0.1) is 0 Å². The molecule has 0 aliphatic carbocycles. The van der Waals surface area contributed by atoms with Crippen LogP contribution in [-0.2, 0) is 6.42 Å². The summed E-state index contributed by atoms with van der Waals surface area (Å²) in [6.07, 6.45) is 6.36. The minimum absolute atomic E-state index is 0.0251. The smallest absolute Gasteiger partial charge is 0.229 e. The first kappa shape index (κ1) is 16.5. The molecule has 2 saturated heterocycles. The van der Waals surface area contributed by atoms with Gasteiger partial charge in [0, 0.05) is 44.4 Å². The summed E-state index contributed by atoms with van der Waals surface area (Å²) in [7, 11) is 0. The second kappa shape index (κ2) is 7.11. The molecular formula is C17H21ClN6O. The third kappa shape index (κ3) is 3.68. The van der Waals surface area contributed by atoms with Gasteiger partial charge in [-0.25, -0.2) is 4.98 Å². The van der Waals surface area contributed by atoms with Crippen molar-refractivity contribution < 1.29 is 5.11 Å². The van der Waals surface area contributed by atoms with Crippen molar-refractivity contribution in [2.45, 2.75) is 31.3 Å². The second-order valence-electron chi connectivity index (χ2n) is 6.53. The van der Waals surface area contributed by atoms with E-state index in [4.69, 9.17) is 16.7 Å². The minimum Gasteiger partial charge on any atom is -0.396 e. The van der Waals surface area contributed by atoms with E-state index in [0.29, 0.717) is 35.2 Å². The number of aromatic nitrogens is 3. The van der Waals surface area contributed by atoms with Gasteiger partial charge in [0.15, 0.2) is 0 Å². The standard InChI is InChI=1S/C17H21ClN6O/c18-14-7-13(8-20-15(14)4-6-25)22-17-19-5-3-16(23-17)24-9-11-1-2-12(10-24)21-11/h3,5,7-8,11-12,21,25H,1-2,4,6,9-10H2,(H,19,22,23)/t11-,12+. The quantitative estimate of drug-likeness (QED) is 0.748. The number of fused-ring (bicyclic) bond motifs is 2. The Balaban J connectivity index is 1.49. The van der Waals surface area contributed by atoms with Crippen LogP contribution in [0.5, 0.6) is 0 Å². The highest BCUT2D eigenvalue weighted by Crippen LogP contribution is 2.25. The maximum absolute atomic E-state index is 9.00. The van der Waals surface area contributed by atoms with Gasteiger partial charge >= 0.3 is 0 Å². The van der Waals surface area contributed by atoms with Crippen molar-refractivity contribution in [3.63, 3.8) is 0 Å². The largest absolute Gasteiger partial charge is 0.396 e. The Hall–Kier alpha value is -1.96. The molecule has 7 nitrogen and oxygen atoms in total. The Kier molecular flexibility index (Phi) is 4.70. The summed E-state index contributed by atoms with van der Waals surface area (Å²) in [5.74, 6) is 1.46. The zero-order valence-corrected chi connectivity index (χ0v) is 14.6. The monoisotopic (exact) mass is 360 g/mol. The number of nitrogens with zero attached hydrogens (tertiary/aromatic N) is 4. The van der Waals surface area contributed by atoms with Crippen molar-refractivity contribution in [1.82, 2.24) is 20.3 Å². The number of rotatable bonds is 5. The zero-order valence-electron chi connectivity index (χ0n) is 13.8. The Labute approximate surface area is 151 Å². The molecular weight excluding hydrogens is 340 g/mol. The number of anilines is 3. The van der Waals surface area contributed by atoms with Gasteiger partial charge in [-0.15, -0.1) is 0 Å². The summed E-state index contributed by atoms with van der Waals surface area (Å²) in [4.78, 5) is 15.5. The van der Waals surface area contributed by atoms with Crippen LogP contribution >= 0.6 is 11.6 Å². The van der Waals surface area contributed by atoms with E-state index in [9.17, 15) is 0 Å². The van der Waals surface area contributed by atoms with Gasteiger partial charge in [-0.3, -0.25) is 4.98 Å². The fourth-order valence-electron chi connectivity index (χ4n) is 3.52. The number of aliphatic hydroxyl groups excluding tert-OH is 1. The lowest BCUT2D eigenvalue weighted by Gasteiger charge is -2.33. The Morgan fingerprint density at radius 3 is 2.80 bits per heavy atom. The molecule has 0 saturated carbocycles. The molecule has 2 aliphatic rings. The predicted octanol–water partition coefficient (Wildman–Crippen LogP) is 1.74. The summed E-state index contributed by atoms with van der Waals surface area (Å²) in [5, 5.41) is 16.3. The van der Waals surface area contributed by atoms with Crippen molar-refractivity contribution >= 4 is 29.1 Å². The topological polar surface area (TPSA) is 86.2 Å². The first-order chi connectivity index (χ1) is 12.2. The molecule has 4 heterocycles. The van der Waals surface area contributed by atoms with Crippen LogP contribution < -0.4 is 15.5 Å². The van der Waals surface area contributed by atoms with Gasteiger partial charge < -0.3 is 20.6 Å². The summed E-state index contributed by atoms with van der Waals surface area (Å²) in [6, 6.07) is 4.85. The third-order valence-corrected chi connectivity index (χ3v) is 5.03. The number of pyridine rings is 1. The summed E-state index contributed by atoms with van der Waals surface area (Å²) < 4.78 is 0. The van der Waals surface area contributed by atoms with Crippen LogP contribution in [0.15, 0.2) is 24.5 Å². The lowest BCUT2D eigenvalue weighted by molar-refractivity contribution is 0.298. The number of halogens is 1. The highest BCUT2D eigenvalue weighted by atomic mass is 35.5. The number of piperazine rings is 1. The van der Waals surface area contributed by atoms with Crippen LogP contribution in [0.1, 0.15) is 18.5 Å². The Bertz CT molecular complexity index is 746. The molecule has 0 amide bonds. The van der Waals surface area contributed by atoms with E-state index in [1.54, 1.807) is 18.5 Å². The molecule has 2 fully saturated rings. The number of aliphatic hydroxyl groups is 1. The maximum atomic E-state index is 9.00. The lowest BCUT2D eigenvalue weighted by atomic mass is 10.2. The fourth-order valence-corrected chi connectivity index (χ4v) is 3.78. The average molecular weight is 361 g/mol. The summed E-state index contributed by atoms with van der Waals surface area (Å²) in [6.45, 7) is 1.99. The second-order valence-corrected chi connectivity index (χ2v) is 6.94. The molecule has 2 aromatic rings. The third-order valence-electron chi connectivity index (χ3n) is 4.70. The number of hydrogen-bond donors (Lipinski definition) is 3. The van der Waals surface area contributed by atoms with Gasteiger partial charge in [0.25, 0.3) is 0 Å². The number of hydrogen-bond acceptors (Lipinski definition) is 7. The molecule has 2 atom stereocenters. The van der Waals surface area contributed by atoms with Gasteiger partial charge in [-0.1, -0.05) is 11.6 Å². The minimum atomic E-state index is 0.0251. The van der Waals surface area contributed by atoms with Gasteiger partial charge in [0.1, 0.15) is 5.82 Å². The van der Waals surface area contributed by atoms with E-state index >= 15 is 0 Å².